The van der Waals surface area contributed by atoms with E-state index in [9.17, 15) is 18.7 Å². The molecule has 0 amide bonds. The van der Waals surface area contributed by atoms with Crippen LogP contribution in [0.5, 0.6) is 11.5 Å². The second-order valence-electron chi connectivity index (χ2n) is 7.48. The molecule has 27 heavy (non-hydrogen) atoms. The maximum absolute atomic E-state index is 13.9. The lowest BCUT2D eigenvalue weighted by molar-refractivity contribution is -0.181. The molecule has 0 spiro atoms. The van der Waals surface area contributed by atoms with E-state index in [4.69, 9.17) is 14.2 Å². The van der Waals surface area contributed by atoms with Crippen molar-refractivity contribution >= 4 is 5.97 Å². The Labute approximate surface area is 155 Å². The van der Waals surface area contributed by atoms with Crippen molar-refractivity contribution in [2.75, 3.05) is 19.9 Å². The van der Waals surface area contributed by atoms with Crippen LogP contribution >= 0.6 is 0 Å². The molecule has 1 aliphatic carbocycles. The van der Waals surface area contributed by atoms with Crippen molar-refractivity contribution in [2.45, 2.75) is 49.7 Å². The average molecular weight is 383 g/mol. The third-order valence-electron chi connectivity index (χ3n) is 5.68. The monoisotopic (exact) mass is 383 g/mol. The summed E-state index contributed by atoms with van der Waals surface area (Å²) in [4.78, 5) is 13.0. The highest BCUT2D eigenvalue weighted by Crippen LogP contribution is 2.49. The summed E-state index contributed by atoms with van der Waals surface area (Å²) in [5.74, 6) is -3.82. The Morgan fingerprint density at radius 2 is 1.96 bits per heavy atom. The molecule has 1 aromatic carbocycles. The van der Waals surface area contributed by atoms with E-state index < -0.39 is 29.8 Å². The van der Waals surface area contributed by atoms with Gasteiger partial charge < -0.3 is 24.6 Å². The molecule has 148 valence electrons. The van der Waals surface area contributed by atoms with Gasteiger partial charge in [0.15, 0.2) is 17.1 Å². The van der Waals surface area contributed by atoms with Crippen LogP contribution in [0.15, 0.2) is 18.2 Å². The van der Waals surface area contributed by atoms with E-state index >= 15 is 0 Å². The van der Waals surface area contributed by atoms with Crippen molar-refractivity contribution in [1.82, 2.24) is 5.32 Å². The zero-order valence-corrected chi connectivity index (χ0v) is 14.9. The Morgan fingerprint density at radius 1 is 1.22 bits per heavy atom. The molecule has 1 aromatic rings. The van der Waals surface area contributed by atoms with E-state index in [0.717, 1.165) is 0 Å². The summed E-state index contributed by atoms with van der Waals surface area (Å²) in [6.07, 6.45) is 0.0539. The Hall–Kier alpha value is -1.93. The maximum Gasteiger partial charge on any atom is 0.343 e. The van der Waals surface area contributed by atoms with Gasteiger partial charge in [-0.25, -0.2) is 13.6 Å². The largest absolute Gasteiger partial charge is 0.460 e. The number of aliphatic hydroxyl groups is 1. The molecule has 2 heterocycles. The Balaban J connectivity index is 1.65. The highest BCUT2D eigenvalue weighted by atomic mass is 19.3. The molecule has 0 bridgehead atoms. The van der Waals surface area contributed by atoms with Crippen molar-refractivity contribution in [1.29, 1.82) is 0 Å². The summed E-state index contributed by atoms with van der Waals surface area (Å²) in [6.45, 7) is 1.46. The second kappa shape index (κ2) is 6.91. The van der Waals surface area contributed by atoms with Gasteiger partial charge in [-0.1, -0.05) is 6.07 Å². The Morgan fingerprint density at radius 3 is 2.67 bits per heavy atom. The zero-order valence-electron chi connectivity index (χ0n) is 14.9. The molecular weight excluding hydrogens is 360 g/mol. The number of benzene rings is 1. The lowest BCUT2D eigenvalue weighted by Gasteiger charge is -2.34. The molecular formula is C19H23F2NO5. The van der Waals surface area contributed by atoms with E-state index in [1.807, 2.05) is 0 Å². The van der Waals surface area contributed by atoms with Crippen LogP contribution in [0.3, 0.4) is 0 Å². The number of esters is 1. The van der Waals surface area contributed by atoms with Gasteiger partial charge in [0, 0.05) is 18.8 Å². The molecule has 0 unspecified atom stereocenters. The second-order valence-corrected chi connectivity index (χ2v) is 7.48. The number of carbonyl (C=O) groups is 1. The maximum atomic E-state index is 13.9. The molecule has 8 heteroatoms. The van der Waals surface area contributed by atoms with Gasteiger partial charge in [0.05, 0.1) is 0 Å². The number of hydrogen-bond acceptors (Lipinski definition) is 6. The number of nitrogens with one attached hydrogen (secondary N) is 1. The van der Waals surface area contributed by atoms with E-state index in [1.165, 1.54) is 12.1 Å². The predicted octanol–water partition coefficient (Wildman–Crippen LogP) is 2.33. The lowest BCUT2D eigenvalue weighted by atomic mass is 9.79. The lowest BCUT2D eigenvalue weighted by Crippen LogP contribution is -2.46. The Bertz CT molecular complexity index is 722. The minimum absolute atomic E-state index is 0.0399. The number of piperidine rings is 1. The molecule has 2 aliphatic heterocycles. The van der Waals surface area contributed by atoms with Crippen molar-refractivity contribution in [3.63, 3.8) is 0 Å². The minimum Gasteiger partial charge on any atom is -0.460 e. The number of alkyl halides is 2. The standard InChI is InChI=1S/C19H23F2NO5/c20-18(21)6-3-13(10-18)19(24,17(23)27-14-4-7-22-8-5-14)12-1-2-15-16(9-12)26-11-25-15/h1-2,9,13-14,22,24H,3-8,10-11H2/t13-,19+/m1/s1. The van der Waals surface area contributed by atoms with Crippen molar-refractivity contribution < 1.29 is 32.9 Å². The fourth-order valence-corrected chi connectivity index (χ4v) is 4.11. The molecule has 1 saturated heterocycles. The molecule has 1 saturated carbocycles. The van der Waals surface area contributed by atoms with Gasteiger partial charge in [-0.05, 0) is 50.0 Å². The molecule has 3 aliphatic rings. The molecule has 0 radical (unpaired) electrons. The van der Waals surface area contributed by atoms with Crippen LogP contribution in [-0.4, -0.2) is 43.0 Å². The van der Waals surface area contributed by atoms with Crippen LogP contribution in [0.1, 0.15) is 37.7 Å². The summed E-state index contributed by atoms with van der Waals surface area (Å²) in [5.41, 5.74) is -1.94. The van der Waals surface area contributed by atoms with Crippen molar-refractivity contribution in [2.24, 2.45) is 5.92 Å². The first-order valence-corrected chi connectivity index (χ1v) is 9.31. The van der Waals surface area contributed by atoms with Gasteiger partial charge in [-0.15, -0.1) is 0 Å². The summed E-state index contributed by atoms with van der Waals surface area (Å²) in [6, 6.07) is 4.59. The van der Waals surface area contributed by atoms with Gasteiger partial charge in [0.2, 0.25) is 12.7 Å². The third kappa shape index (κ3) is 3.48. The molecule has 2 fully saturated rings. The van der Waals surface area contributed by atoms with Crippen LogP contribution < -0.4 is 14.8 Å². The molecule has 2 atom stereocenters. The fourth-order valence-electron chi connectivity index (χ4n) is 4.11. The summed E-state index contributed by atoms with van der Waals surface area (Å²) in [7, 11) is 0. The summed E-state index contributed by atoms with van der Waals surface area (Å²) in [5, 5.41) is 14.6. The zero-order chi connectivity index (χ0) is 19.1. The van der Waals surface area contributed by atoms with E-state index in [1.54, 1.807) is 6.07 Å². The predicted molar refractivity (Wildman–Crippen MR) is 90.7 cm³/mol. The van der Waals surface area contributed by atoms with Gasteiger partial charge in [-0.2, -0.15) is 0 Å². The van der Waals surface area contributed by atoms with Crippen molar-refractivity contribution in [3.05, 3.63) is 23.8 Å². The average Bonchev–Trinajstić information content (AvgIpc) is 3.27. The highest BCUT2D eigenvalue weighted by molar-refractivity contribution is 5.82. The van der Waals surface area contributed by atoms with E-state index in [0.29, 0.717) is 37.4 Å². The van der Waals surface area contributed by atoms with Crippen molar-refractivity contribution in [3.8, 4) is 11.5 Å². The number of halogens is 2. The van der Waals surface area contributed by atoms with Crippen LogP contribution in [0.4, 0.5) is 8.78 Å². The molecule has 2 N–H and O–H groups in total. The first-order valence-electron chi connectivity index (χ1n) is 9.31. The van der Waals surface area contributed by atoms with Gasteiger partial charge in [0.25, 0.3) is 0 Å². The van der Waals surface area contributed by atoms with Crippen LogP contribution in [0.25, 0.3) is 0 Å². The topological polar surface area (TPSA) is 77.0 Å². The van der Waals surface area contributed by atoms with Crippen LogP contribution in [0.2, 0.25) is 0 Å². The third-order valence-corrected chi connectivity index (χ3v) is 5.68. The van der Waals surface area contributed by atoms with Gasteiger partial charge >= 0.3 is 5.97 Å². The SMILES string of the molecule is O=C(OC1CCNCC1)[C@](O)(c1ccc2c(c1)OCO2)[C@@H]1CCC(F)(F)C1. The quantitative estimate of drug-likeness (QED) is 0.778. The van der Waals surface area contributed by atoms with E-state index in [2.05, 4.69) is 5.32 Å². The number of rotatable bonds is 4. The van der Waals surface area contributed by atoms with E-state index in [-0.39, 0.29) is 31.3 Å². The summed E-state index contributed by atoms with van der Waals surface area (Å²) < 4.78 is 43.9. The highest BCUT2D eigenvalue weighted by Gasteiger charge is 2.55. The smallest absolute Gasteiger partial charge is 0.343 e. The number of fused-ring (bicyclic) bond motifs is 1. The molecule has 4 rings (SSSR count). The molecule has 0 aromatic heterocycles. The summed E-state index contributed by atoms with van der Waals surface area (Å²) >= 11 is 0. The number of hydrogen-bond donors (Lipinski definition) is 2. The normalized spacial score (nSPS) is 26.6. The first-order chi connectivity index (χ1) is 12.9. The van der Waals surface area contributed by atoms with Crippen LogP contribution in [0, 0.1) is 5.92 Å². The van der Waals surface area contributed by atoms with Gasteiger partial charge in [-0.3, -0.25) is 0 Å². The minimum atomic E-state index is -2.90. The first kappa shape index (κ1) is 18.4. The number of carbonyl (C=O) groups excluding carboxylic acids is 1. The Kier molecular flexibility index (Phi) is 4.71. The number of ether oxygens (including phenoxy) is 3. The van der Waals surface area contributed by atoms with Crippen LogP contribution in [-0.2, 0) is 15.1 Å². The fraction of sp³-hybridized carbons (Fsp3) is 0.632. The molecule has 6 nitrogen and oxygen atoms in total. The van der Waals surface area contributed by atoms with Gasteiger partial charge in [0.1, 0.15) is 6.10 Å².